The molecule has 0 aliphatic carbocycles. The third-order valence-corrected chi connectivity index (χ3v) is 6.29. The van der Waals surface area contributed by atoms with Crippen molar-refractivity contribution in [2.75, 3.05) is 19.6 Å². The molecule has 7 nitrogen and oxygen atoms in total. The van der Waals surface area contributed by atoms with E-state index in [1.54, 1.807) is 0 Å². The number of aryl methyl sites for hydroxylation is 3. The molecule has 1 atom stereocenters. The van der Waals surface area contributed by atoms with Crippen molar-refractivity contribution in [3.05, 3.63) is 63.1 Å². The van der Waals surface area contributed by atoms with Gasteiger partial charge in [0, 0.05) is 26.2 Å². The van der Waals surface area contributed by atoms with E-state index in [-0.39, 0.29) is 11.9 Å². The van der Waals surface area contributed by atoms with Crippen LogP contribution >= 0.6 is 11.3 Å². The second kappa shape index (κ2) is 8.42. The number of hydrogen-bond acceptors (Lipinski definition) is 6. The Labute approximate surface area is 174 Å². The Morgan fingerprint density at radius 3 is 2.62 bits per heavy atom. The molecule has 2 aromatic heterocycles. The first-order valence-corrected chi connectivity index (χ1v) is 10.7. The number of carbonyl (C=O) groups excluding carboxylic acids is 1. The first-order chi connectivity index (χ1) is 14.0. The van der Waals surface area contributed by atoms with Gasteiger partial charge in [-0.05, 0) is 32.8 Å². The maximum atomic E-state index is 13.3. The van der Waals surface area contributed by atoms with Gasteiger partial charge < -0.3 is 4.90 Å². The highest BCUT2D eigenvalue weighted by Gasteiger charge is 2.32. The minimum atomic E-state index is -0.0547. The van der Waals surface area contributed by atoms with E-state index in [0.29, 0.717) is 6.54 Å². The highest BCUT2D eigenvalue weighted by molar-refractivity contribution is 7.13. The fraction of sp³-hybridized carbons (Fsp3) is 0.429. The van der Waals surface area contributed by atoms with Crippen molar-refractivity contribution in [2.45, 2.75) is 39.8 Å². The maximum absolute atomic E-state index is 13.3. The van der Waals surface area contributed by atoms with Gasteiger partial charge >= 0.3 is 0 Å². The molecular formula is C21H26N6OS. The van der Waals surface area contributed by atoms with Gasteiger partial charge in [-0.1, -0.05) is 30.3 Å². The summed E-state index contributed by atoms with van der Waals surface area (Å²) in [6.07, 6.45) is 0.912. The van der Waals surface area contributed by atoms with E-state index in [0.717, 1.165) is 53.3 Å². The van der Waals surface area contributed by atoms with Crippen molar-refractivity contribution in [3.8, 4) is 0 Å². The van der Waals surface area contributed by atoms with Crippen molar-refractivity contribution >= 4 is 17.2 Å². The number of thiazole rings is 1. The Kier molecular flexibility index (Phi) is 5.73. The molecule has 1 aliphatic rings. The van der Waals surface area contributed by atoms with E-state index in [4.69, 9.17) is 0 Å². The number of amides is 1. The van der Waals surface area contributed by atoms with Crippen molar-refractivity contribution < 1.29 is 4.79 Å². The molecule has 0 spiro atoms. The molecule has 1 fully saturated rings. The van der Waals surface area contributed by atoms with Crippen LogP contribution in [-0.2, 0) is 6.54 Å². The zero-order valence-electron chi connectivity index (χ0n) is 17.1. The van der Waals surface area contributed by atoms with Crippen LogP contribution in [0.2, 0.25) is 0 Å². The smallest absolute Gasteiger partial charge is 0.265 e. The minimum Gasteiger partial charge on any atom is -0.336 e. The van der Waals surface area contributed by atoms with Crippen LogP contribution in [0.4, 0.5) is 0 Å². The van der Waals surface area contributed by atoms with Crippen LogP contribution in [0.5, 0.6) is 0 Å². The Balaban J connectivity index is 1.62. The van der Waals surface area contributed by atoms with Crippen molar-refractivity contribution in [3.63, 3.8) is 0 Å². The highest BCUT2D eigenvalue weighted by Crippen LogP contribution is 2.27. The number of aromatic amines is 1. The van der Waals surface area contributed by atoms with Crippen molar-refractivity contribution in [1.29, 1.82) is 0 Å². The van der Waals surface area contributed by atoms with Crippen molar-refractivity contribution in [1.82, 2.24) is 30.0 Å². The van der Waals surface area contributed by atoms with Crippen LogP contribution in [0, 0.1) is 20.8 Å². The average Bonchev–Trinajstić information content (AvgIpc) is 3.21. The number of H-pyrrole nitrogens is 1. The molecule has 3 aromatic rings. The van der Waals surface area contributed by atoms with E-state index < -0.39 is 0 Å². The van der Waals surface area contributed by atoms with E-state index in [2.05, 4.69) is 49.3 Å². The summed E-state index contributed by atoms with van der Waals surface area (Å²) in [5.74, 6) is 1.60. The van der Waals surface area contributed by atoms with E-state index >= 15 is 0 Å². The van der Waals surface area contributed by atoms with E-state index in [1.165, 1.54) is 16.9 Å². The van der Waals surface area contributed by atoms with Gasteiger partial charge in [0.1, 0.15) is 10.7 Å². The molecule has 1 N–H and O–H groups in total. The summed E-state index contributed by atoms with van der Waals surface area (Å²) in [5.41, 5.74) is 2.06. The normalized spacial score (nSPS) is 18.0. The number of carbonyl (C=O) groups is 1. The van der Waals surface area contributed by atoms with E-state index in [9.17, 15) is 4.79 Å². The van der Waals surface area contributed by atoms with Crippen LogP contribution in [0.3, 0.4) is 0 Å². The number of hydrogen-bond donors (Lipinski definition) is 1. The Morgan fingerprint density at radius 1 is 1.17 bits per heavy atom. The lowest BCUT2D eigenvalue weighted by Crippen LogP contribution is -2.38. The predicted molar refractivity (Wildman–Crippen MR) is 113 cm³/mol. The molecule has 29 heavy (non-hydrogen) atoms. The lowest BCUT2D eigenvalue weighted by molar-refractivity contribution is 0.0730. The van der Waals surface area contributed by atoms with Gasteiger partial charge in [-0.15, -0.1) is 11.3 Å². The quantitative estimate of drug-likeness (QED) is 0.714. The molecule has 1 aliphatic heterocycles. The minimum absolute atomic E-state index is 0.0547. The van der Waals surface area contributed by atoms with Crippen molar-refractivity contribution in [2.24, 2.45) is 0 Å². The zero-order valence-corrected chi connectivity index (χ0v) is 17.9. The molecule has 0 radical (unpaired) electrons. The molecular weight excluding hydrogens is 384 g/mol. The number of rotatable bonds is 4. The standard InChI is InChI=1S/C21H26N6OS/c1-14-19(29-16(3)22-14)21(28)27-11-7-10-26(12-17-8-5-4-6-9-17)18(13-27)20-23-15(2)24-25-20/h4-6,8-9,18H,7,10-13H2,1-3H3,(H,23,24,25). The predicted octanol–water partition coefficient (Wildman–Crippen LogP) is 3.28. The molecule has 8 heteroatoms. The molecule has 152 valence electrons. The van der Waals surface area contributed by atoms with Crippen LogP contribution in [-0.4, -0.2) is 55.5 Å². The number of aromatic nitrogens is 4. The summed E-state index contributed by atoms with van der Waals surface area (Å²) < 4.78 is 0. The summed E-state index contributed by atoms with van der Waals surface area (Å²) >= 11 is 1.47. The van der Waals surface area contributed by atoms with Gasteiger partial charge in [-0.25, -0.2) is 9.97 Å². The fourth-order valence-electron chi connectivity index (χ4n) is 3.85. The average molecular weight is 411 g/mol. The third-order valence-electron chi connectivity index (χ3n) is 5.23. The summed E-state index contributed by atoms with van der Waals surface area (Å²) in [6, 6.07) is 10.4. The summed E-state index contributed by atoms with van der Waals surface area (Å²) in [5, 5.41) is 8.32. The van der Waals surface area contributed by atoms with Gasteiger partial charge in [0.15, 0.2) is 5.82 Å². The van der Waals surface area contributed by atoms with Gasteiger partial charge in [0.2, 0.25) is 0 Å². The molecule has 4 rings (SSSR count). The molecule has 1 aromatic carbocycles. The summed E-state index contributed by atoms with van der Waals surface area (Å²) in [7, 11) is 0. The summed E-state index contributed by atoms with van der Waals surface area (Å²) in [4.78, 5) is 27.4. The van der Waals surface area contributed by atoms with Gasteiger partial charge in [-0.2, -0.15) is 5.10 Å². The third kappa shape index (κ3) is 4.38. The number of nitrogens with zero attached hydrogens (tertiary/aromatic N) is 5. The second-order valence-electron chi connectivity index (χ2n) is 7.50. The van der Waals surface area contributed by atoms with Crippen LogP contribution < -0.4 is 0 Å². The molecule has 1 saturated heterocycles. The van der Waals surface area contributed by atoms with Crippen LogP contribution in [0.25, 0.3) is 0 Å². The van der Waals surface area contributed by atoms with Crippen LogP contribution in [0.1, 0.15) is 50.0 Å². The van der Waals surface area contributed by atoms with E-state index in [1.807, 2.05) is 31.7 Å². The lowest BCUT2D eigenvalue weighted by Gasteiger charge is -2.29. The largest absolute Gasteiger partial charge is 0.336 e. The molecule has 0 bridgehead atoms. The Hall–Kier alpha value is -2.58. The molecule has 3 heterocycles. The Bertz CT molecular complexity index is 982. The SMILES string of the molecule is Cc1nc(C2CN(C(=O)c3sc(C)nc3C)CCCN2Cc2ccccc2)n[nH]1. The lowest BCUT2D eigenvalue weighted by atomic mass is 10.1. The molecule has 1 unspecified atom stereocenters. The Morgan fingerprint density at radius 2 is 1.97 bits per heavy atom. The highest BCUT2D eigenvalue weighted by atomic mass is 32.1. The molecule has 1 amide bonds. The van der Waals surface area contributed by atoms with Crippen LogP contribution in [0.15, 0.2) is 30.3 Å². The number of nitrogens with one attached hydrogen (secondary N) is 1. The first kappa shape index (κ1) is 19.7. The summed E-state index contributed by atoms with van der Waals surface area (Å²) in [6.45, 7) is 8.74. The number of benzene rings is 1. The van der Waals surface area contributed by atoms with Gasteiger partial charge in [0.25, 0.3) is 5.91 Å². The second-order valence-corrected chi connectivity index (χ2v) is 8.71. The topological polar surface area (TPSA) is 78.0 Å². The fourth-order valence-corrected chi connectivity index (χ4v) is 4.74. The monoisotopic (exact) mass is 410 g/mol. The van der Waals surface area contributed by atoms with Gasteiger partial charge in [-0.3, -0.25) is 14.8 Å². The van der Waals surface area contributed by atoms with Gasteiger partial charge in [0.05, 0.1) is 16.7 Å². The maximum Gasteiger partial charge on any atom is 0.265 e. The molecule has 0 saturated carbocycles. The first-order valence-electron chi connectivity index (χ1n) is 9.91. The zero-order chi connectivity index (χ0) is 20.4.